The fourth-order valence-corrected chi connectivity index (χ4v) is 2.51. The summed E-state index contributed by atoms with van der Waals surface area (Å²) in [6.07, 6.45) is 1.93. The van der Waals surface area contributed by atoms with Gasteiger partial charge < -0.3 is 10.2 Å². The topological polar surface area (TPSA) is 31.4 Å². The fraction of sp³-hybridized carbons (Fsp3) is 0.667. The van der Waals surface area contributed by atoms with Gasteiger partial charge in [0, 0.05) is 50.6 Å². The number of rotatable bonds is 5. The van der Waals surface area contributed by atoms with E-state index in [-0.39, 0.29) is 0 Å². The molecule has 0 unspecified atom stereocenters. The van der Waals surface area contributed by atoms with Crippen LogP contribution in [0, 0.1) is 0 Å². The largest absolute Gasteiger partial charge is 0.369 e. The molecule has 1 aromatic heterocycles. The normalized spacial score (nSPS) is 17.2. The third kappa shape index (κ3) is 3.91. The highest BCUT2D eigenvalue weighted by molar-refractivity contribution is 5.47. The molecule has 0 saturated carbocycles. The van der Waals surface area contributed by atoms with Crippen LogP contribution in [-0.2, 0) is 6.54 Å². The summed E-state index contributed by atoms with van der Waals surface area (Å²) in [7, 11) is 0. The third-order valence-corrected chi connectivity index (χ3v) is 3.77. The molecule has 0 bridgehead atoms. The van der Waals surface area contributed by atoms with Crippen LogP contribution in [0.25, 0.3) is 0 Å². The summed E-state index contributed by atoms with van der Waals surface area (Å²) in [6.45, 7) is 13.0. The molecule has 1 aliphatic rings. The van der Waals surface area contributed by atoms with E-state index in [9.17, 15) is 0 Å². The molecule has 0 radical (unpaired) electrons. The smallest absolute Gasteiger partial charge is 0.0562 e. The van der Waals surface area contributed by atoms with Crippen LogP contribution in [0.15, 0.2) is 18.3 Å². The number of nitrogens with one attached hydrogen (secondary N) is 1. The first-order chi connectivity index (χ1) is 9.20. The Morgan fingerprint density at radius 3 is 2.63 bits per heavy atom. The monoisotopic (exact) mass is 262 g/mol. The minimum Gasteiger partial charge on any atom is -0.369 e. The van der Waals surface area contributed by atoms with Crippen molar-refractivity contribution in [3.63, 3.8) is 0 Å². The van der Waals surface area contributed by atoms with Gasteiger partial charge in [-0.1, -0.05) is 6.92 Å². The Morgan fingerprint density at radius 1 is 1.26 bits per heavy atom. The van der Waals surface area contributed by atoms with Gasteiger partial charge in [-0.3, -0.25) is 9.88 Å². The van der Waals surface area contributed by atoms with Crippen molar-refractivity contribution in [3.05, 3.63) is 24.0 Å². The Labute approximate surface area is 116 Å². The lowest BCUT2D eigenvalue weighted by Gasteiger charge is -2.38. The molecule has 1 N–H and O–H groups in total. The summed E-state index contributed by atoms with van der Waals surface area (Å²) >= 11 is 0. The van der Waals surface area contributed by atoms with Crippen LogP contribution in [0.1, 0.15) is 26.5 Å². The first-order valence-electron chi connectivity index (χ1n) is 7.35. The van der Waals surface area contributed by atoms with Gasteiger partial charge in [0.15, 0.2) is 0 Å². The van der Waals surface area contributed by atoms with E-state index in [1.807, 2.05) is 6.20 Å². The summed E-state index contributed by atoms with van der Waals surface area (Å²) in [4.78, 5) is 9.42. The Morgan fingerprint density at radius 2 is 2.00 bits per heavy atom. The minimum absolute atomic E-state index is 0.656. The van der Waals surface area contributed by atoms with E-state index in [1.165, 1.54) is 5.69 Å². The Bertz CT molecular complexity index is 383. The van der Waals surface area contributed by atoms with Crippen molar-refractivity contribution in [1.82, 2.24) is 15.2 Å². The van der Waals surface area contributed by atoms with Gasteiger partial charge in [-0.25, -0.2) is 0 Å². The van der Waals surface area contributed by atoms with Gasteiger partial charge in [-0.15, -0.1) is 0 Å². The molecule has 2 heterocycles. The van der Waals surface area contributed by atoms with Gasteiger partial charge >= 0.3 is 0 Å². The van der Waals surface area contributed by atoms with E-state index >= 15 is 0 Å². The highest BCUT2D eigenvalue weighted by Crippen LogP contribution is 2.17. The Balaban J connectivity index is 1.95. The lowest BCUT2D eigenvalue weighted by atomic mass is 10.2. The number of hydrogen-bond donors (Lipinski definition) is 1. The average Bonchev–Trinajstić information content (AvgIpc) is 2.45. The predicted molar refractivity (Wildman–Crippen MR) is 80.5 cm³/mol. The van der Waals surface area contributed by atoms with E-state index in [4.69, 9.17) is 0 Å². The predicted octanol–water partition coefficient (Wildman–Crippen LogP) is 1.72. The van der Waals surface area contributed by atoms with Gasteiger partial charge in [0.1, 0.15) is 0 Å². The molecule has 0 aliphatic carbocycles. The molecular weight excluding hydrogens is 236 g/mol. The van der Waals surface area contributed by atoms with E-state index < -0.39 is 0 Å². The lowest BCUT2D eigenvalue weighted by Crippen LogP contribution is -2.48. The van der Waals surface area contributed by atoms with Gasteiger partial charge in [0.25, 0.3) is 0 Å². The van der Waals surface area contributed by atoms with E-state index in [1.54, 1.807) is 0 Å². The molecule has 1 saturated heterocycles. The van der Waals surface area contributed by atoms with Crippen molar-refractivity contribution in [1.29, 1.82) is 0 Å². The Kier molecular flexibility index (Phi) is 5.16. The number of nitrogens with zero attached hydrogens (tertiary/aromatic N) is 3. The van der Waals surface area contributed by atoms with Crippen molar-refractivity contribution in [2.75, 3.05) is 37.6 Å². The maximum atomic E-state index is 4.42. The molecule has 0 spiro atoms. The highest BCUT2D eigenvalue weighted by atomic mass is 15.3. The van der Waals surface area contributed by atoms with Gasteiger partial charge in [-0.2, -0.15) is 0 Å². The maximum Gasteiger partial charge on any atom is 0.0562 e. The van der Waals surface area contributed by atoms with E-state index in [2.05, 4.69) is 53.0 Å². The lowest BCUT2D eigenvalue weighted by molar-refractivity contribution is 0.209. The van der Waals surface area contributed by atoms with Crippen LogP contribution < -0.4 is 10.2 Å². The molecule has 0 atom stereocenters. The maximum absolute atomic E-state index is 4.42. The molecule has 1 fully saturated rings. The summed E-state index contributed by atoms with van der Waals surface area (Å²) in [5.41, 5.74) is 2.44. The molecule has 4 nitrogen and oxygen atoms in total. The first kappa shape index (κ1) is 14.3. The van der Waals surface area contributed by atoms with Crippen molar-refractivity contribution < 1.29 is 0 Å². The number of piperazine rings is 1. The average molecular weight is 262 g/mol. The molecule has 4 heteroatoms. The van der Waals surface area contributed by atoms with Crippen molar-refractivity contribution in [3.8, 4) is 0 Å². The second-order valence-electron chi connectivity index (χ2n) is 5.40. The second-order valence-corrected chi connectivity index (χ2v) is 5.40. The molecule has 2 rings (SSSR count). The number of aromatic nitrogens is 1. The van der Waals surface area contributed by atoms with Crippen molar-refractivity contribution in [2.45, 2.75) is 33.4 Å². The molecule has 0 amide bonds. The summed E-state index contributed by atoms with van der Waals surface area (Å²) in [6, 6.07) is 5.00. The number of hydrogen-bond acceptors (Lipinski definition) is 4. The number of anilines is 1. The zero-order valence-corrected chi connectivity index (χ0v) is 12.4. The van der Waals surface area contributed by atoms with Gasteiger partial charge in [-0.05, 0) is 32.5 Å². The van der Waals surface area contributed by atoms with E-state index in [0.29, 0.717) is 6.04 Å². The molecule has 1 aliphatic heterocycles. The van der Waals surface area contributed by atoms with Crippen molar-refractivity contribution in [2.24, 2.45) is 0 Å². The zero-order chi connectivity index (χ0) is 13.7. The van der Waals surface area contributed by atoms with E-state index in [0.717, 1.165) is 45.0 Å². The van der Waals surface area contributed by atoms with Crippen LogP contribution in [0.4, 0.5) is 5.69 Å². The van der Waals surface area contributed by atoms with Gasteiger partial charge in [0.05, 0.1) is 5.69 Å². The Hall–Kier alpha value is -1.13. The van der Waals surface area contributed by atoms with Crippen LogP contribution in [0.3, 0.4) is 0 Å². The molecular formula is C15H26N4. The van der Waals surface area contributed by atoms with Crippen LogP contribution >= 0.6 is 0 Å². The third-order valence-electron chi connectivity index (χ3n) is 3.77. The summed E-state index contributed by atoms with van der Waals surface area (Å²) in [5.74, 6) is 0. The molecule has 106 valence electrons. The first-order valence-corrected chi connectivity index (χ1v) is 7.35. The SMILES string of the molecule is CCNCc1cc(N2CCN(C(C)C)CC2)ccn1. The summed E-state index contributed by atoms with van der Waals surface area (Å²) < 4.78 is 0. The summed E-state index contributed by atoms with van der Waals surface area (Å²) in [5, 5.41) is 3.33. The van der Waals surface area contributed by atoms with Crippen LogP contribution in [0.2, 0.25) is 0 Å². The van der Waals surface area contributed by atoms with Crippen molar-refractivity contribution >= 4 is 5.69 Å². The fourth-order valence-electron chi connectivity index (χ4n) is 2.51. The van der Waals surface area contributed by atoms with Gasteiger partial charge in [0.2, 0.25) is 0 Å². The quantitative estimate of drug-likeness (QED) is 0.875. The molecule has 1 aromatic rings. The minimum atomic E-state index is 0.656. The standard InChI is InChI=1S/C15H26N4/c1-4-16-12-14-11-15(5-6-17-14)19-9-7-18(8-10-19)13(2)3/h5-6,11,13,16H,4,7-10,12H2,1-3H3. The highest BCUT2D eigenvalue weighted by Gasteiger charge is 2.19. The molecule has 19 heavy (non-hydrogen) atoms. The zero-order valence-electron chi connectivity index (χ0n) is 12.4. The number of pyridine rings is 1. The van der Waals surface area contributed by atoms with Crippen LogP contribution in [0.5, 0.6) is 0 Å². The van der Waals surface area contributed by atoms with Crippen LogP contribution in [-0.4, -0.2) is 48.6 Å². The second kappa shape index (κ2) is 6.87. The molecule has 0 aromatic carbocycles.